The Hall–Kier alpha value is -2.93. The first-order valence-electron chi connectivity index (χ1n) is 5.83. The Bertz CT molecular complexity index is 769. The Morgan fingerprint density at radius 1 is 1.00 bits per heavy atom. The second kappa shape index (κ2) is 4.75. The molecule has 1 aromatic carbocycles. The zero-order chi connectivity index (χ0) is 13.1. The molecule has 3 rings (SSSR count). The molecule has 0 amide bonds. The van der Waals surface area contributed by atoms with Crippen molar-refractivity contribution in [1.29, 1.82) is 5.26 Å². The molecule has 4 nitrogen and oxygen atoms in total. The number of nitrogens with one attached hydrogen (secondary N) is 1. The maximum atomic E-state index is 9.04. The lowest BCUT2D eigenvalue weighted by Gasteiger charge is -2.10. The molecule has 3 aromatic rings. The second-order valence-corrected chi connectivity index (χ2v) is 4.04. The Morgan fingerprint density at radius 2 is 1.89 bits per heavy atom. The van der Waals surface area contributed by atoms with Gasteiger partial charge in [0.1, 0.15) is 6.07 Å². The molecule has 19 heavy (non-hydrogen) atoms. The van der Waals surface area contributed by atoms with Crippen LogP contribution in [-0.4, -0.2) is 9.97 Å². The fraction of sp³-hybridized carbons (Fsp3) is 0. The molecule has 4 heteroatoms. The van der Waals surface area contributed by atoms with Crippen molar-refractivity contribution in [3.05, 3.63) is 60.7 Å². The molecule has 2 aromatic heterocycles. The van der Waals surface area contributed by atoms with Gasteiger partial charge < -0.3 is 5.32 Å². The van der Waals surface area contributed by atoms with E-state index < -0.39 is 0 Å². The minimum absolute atomic E-state index is 0.378. The molecule has 0 radical (unpaired) electrons. The van der Waals surface area contributed by atoms with E-state index >= 15 is 0 Å². The van der Waals surface area contributed by atoms with Crippen LogP contribution in [0.5, 0.6) is 0 Å². The maximum absolute atomic E-state index is 9.04. The molecule has 90 valence electrons. The van der Waals surface area contributed by atoms with Crippen molar-refractivity contribution in [3.63, 3.8) is 0 Å². The van der Waals surface area contributed by atoms with Crippen LogP contribution in [-0.2, 0) is 0 Å². The van der Waals surface area contributed by atoms with Crippen LogP contribution in [0.25, 0.3) is 10.8 Å². The topological polar surface area (TPSA) is 61.6 Å². The number of nitrogens with zero attached hydrogens (tertiary/aromatic N) is 3. The van der Waals surface area contributed by atoms with Crippen molar-refractivity contribution < 1.29 is 0 Å². The monoisotopic (exact) mass is 246 g/mol. The van der Waals surface area contributed by atoms with Gasteiger partial charge in [-0.05, 0) is 29.7 Å². The van der Waals surface area contributed by atoms with E-state index in [1.165, 1.54) is 0 Å². The highest BCUT2D eigenvalue weighted by Gasteiger charge is 2.05. The number of benzene rings is 1. The lowest BCUT2D eigenvalue weighted by Crippen LogP contribution is -1.96. The van der Waals surface area contributed by atoms with Gasteiger partial charge in [0.25, 0.3) is 0 Å². The van der Waals surface area contributed by atoms with E-state index in [2.05, 4.69) is 21.4 Å². The minimum Gasteiger partial charge on any atom is -0.353 e. The van der Waals surface area contributed by atoms with Gasteiger partial charge in [-0.25, -0.2) is 4.98 Å². The van der Waals surface area contributed by atoms with E-state index in [0.717, 1.165) is 16.5 Å². The largest absolute Gasteiger partial charge is 0.353 e. The van der Waals surface area contributed by atoms with E-state index in [1.54, 1.807) is 24.7 Å². The number of hydrogen-bond acceptors (Lipinski definition) is 4. The predicted molar refractivity (Wildman–Crippen MR) is 74.0 cm³/mol. The highest BCUT2D eigenvalue weighted by atomic mass is 14.9. The van der Waals surface area contributed by atoms with Crippen LogP contribution in [0.15, 0.2) is 55.0 Å². The van der Waals surface area contributed by atoms with Gasteiger partial charge in [-0.1, -0.05) is 12.1 Å². The summed E-state index contributed by atoms with van der Waals surface area (Å²) in [5.41, 5.74) is 1.99. The van der Waals surface area contributed by atoms with Gasteiger partial charge in [0, 0.05) is 29.7 Å². The summed E-state index contributed by atoms with van der Waals surface area (Å²) in [5, 5.41) is 14.4. The lowest BCUT2D eigenvalue weighted by atomic mass is 10.1. The molecule has 0 atom stereocenters. The van der Waals surface area contributed by atoms with Crippen LogP contribution in [0.3, 0.4) is 0 Å². The van der Waals surface area contributed by atoms with Gasteiger partial charge in [-0.3, -0.25) is 4.98 Å². The Morgan fingerprint density at radius 3 is 2.79 bits per heavy atom. The molecule has 1 N–H and O–H groups in total. The first-order chi connectivity index (χ1) is 9.38. The third kappa shape index (κ3) is 2.09. The smallest absolute Gasteiger partial charge is 0.163 e. The summed E-state index contributed by atoms with van der Waals surface area (Å²) in [4.78, 5) is 8.17. The zero-order valence-corrected chi connectivity index (χ0v) is 10.0. The third-order valence-electron chi connectivity index (χ3n) is 2.87. The molecule has 0 bridgehead atoms. The Balaban J connectivity index is 2.09. The van der Waals surface area contributed by atoms with E-state index in [9.17, 15) is 0 Å². The van der Waals surface area contributed by atoms with Crippen molar-refractivity contribution in [3.8, 4) is 6.07 Å². The first-order valence-corrected chi connectivity index (χ1v) is 5.83. The number of nitriles is 1. The summed E-state index contributed by atoms with van der Waals surface area (Å²) >= 11 is 0. The van der Waals surface area contributed by atoms with Crippen molar-refractivity contribution in [2.24, 2.45) is 0 Å². The van der Waals surface area contributed by atoms with Gasteiger partial charge in [-0.2, -0.15) is 5.26 Å². The minimum atomic E-state index is 0.378. The molecular weight excluding hydrogens is 236 g/mol. The standard InChI is InChI=1S/C15H10N4/c16-9-15-14(5-2-7-18-15)19-13-4-1-3-11-6-8-17-10-12(11)13/h1-8,10,19H. The molecule has 0 fully saturated rings. The summed E-state index contributed by atoms with van der Waals surface area (Å²) in [7, 11) is 0. The number of hydrogen-bond donors (Lipinski definition) is 1. The fourth-order valence-electron chi connectivity index (χ4n) is 1.96. The van der Waals surface area contributed by atoms with Gasteiger partial charge in [-0.15, -0.1) is 0 Å². The van der Waals surface area contributed by atoms with Crippen LogP contribution < -0.4 is 5.32 Å². The average molecular weight is 246 g/mol. The third-order valence-corrected chi connectivity index (χ3v) is 2.87. The molecule has 0 saturated heterocycles. The summed E-state index contributed by atoms with van der Waals surface area (Å²) < 4.78 is 0. The summed E-state index contributed by atoms with van der Waals surface area (Å²) in [6.07, 6.45) is 5.17. The van der Waals surface area contributed by atoms with Gasteiger partial charge in [0.05, 0.1) is 5.69 Å². The summed E-state index contributed by atoms with van der Waals surface area (Å²) in [6.45, 7) is 0. The second-order valence-electron chi connectivity index (χ2n) is 4.04. The van der Waals surface area contributed by atoms with E-state index in [4.69, 9.17) is 5.26 Å². The van der Waals surface area contributed by atoms with Crippen molar-refractivity contribution >= 4 is 22.1 Å². The van der Waals surface area contributed by atoms with Crippen LogP contribution in [0.4, 0.5) is 11.4 Å². The number of anilines is 2. The highest BCUT2D eigenvalue weighted by molar-refractivity contribution is 5.94. The molecule has 0 saturated carbocycles. The van der Waals surface area contributed by atoms with Gasteiger partial charge >= 0.3 is 0 Å². The molecule has 0 aliphatic heterocycles. The maximum Gasteiger partial charge on any atom is 0.163 e. The van der Waals surface area contributed by atoms with Crippen LogP contribution >= 0.6 is 0 Å². The number of fused-ring (bicyclic) bond motifs is 1. The molecule has 0 aliphatic rings. The molecule has 0 unspecified atom stereocenters. The molecule has 0 spiro atoms. The van der Waals surface area contributed by atoms with Crippen LogP contribution in [0, 0.1) is 11.3 Å². The van der Waals surface area contributed by atoms with E-state index in [0.29, 0.717) is 11.4 Å². The lowest BCUT2D eigenvalue weighted by molar-refractivity contribution is 1.26. The quantitative estimate of drug-likeness (QED) is 0.754. The number of pyridine rings is 2. The molecular formula is C15H10N4. The average Bonchev–Trinajstić information content (AvgIpc) is 2.48. The molecule has 2 heterocycles. The van der Waals surface area contributed by atoms with E-state index in [1.807, 2.05) is 30.3 Å². The first kappa shape index (κ1) is 11.2. The normalized spacial score (nSPS) is 10.1. The van der Waals surface area contributed by atoms with Gasteiger partial charge in [0.15, 0.2) is 5.69 Å². The number of rotatable bonds is 2. The van der Waals surface area contributed by atoms with Crippen LogP contribution in [0.1, 0.15) is 5.69 Å². The Labute approximate surface area is 110 Å². The van der Waals surface area contributed by atoms with Crippen LogP contribution in [0.2, 0.25) is 0 Å². The number of aromatic nitrogens is 2. The van der Waals surface area contributed by atoms with E-state index in [-0.39, 0.29) is 0 Å². The molecule has 0 aliphatic carbocycles. The Kier molecular flexibility index (Phi) is 2.79. The van der Waals surface area contributed by atoms with Crippen molar-refractivity contribution in [2.45, 2.75) is 0 Å². The van der Waals surface area contributed by atoms with Gasteiger partial charge in [0.2, 0.25) is 0 Å². The fourth-order valence-corrected chi connectivity index (χ4v) is 1.96. The summed E-state index contributed by atoms with van der Waals surface area (Å²) in [6, 6.07) is 13.6. The highest BCUT2D eigenvalue weighted by Crippen LogP contribution is 2.26. The van der Waals surface area contributed by atoms with Crippen molar-refractivity contribution in [1.82, 2.24) is 9.97 Å². The predicted octanol–water partition coefficient (Wildman–Crippen LogP) is 3.25. The zero-order valence-electron chi connectivity index (χ0n) is 10.0. The summed E-state index contributed by atoms with van der Waals surface area (Å²) in [5.74, 6) is 0. The SMILES string of the molecule is N#Cc1ncccc1Nc1cccc2ccncc12. The van der Waals surface area contributed by atoms with Crippen molar-refractivity contribution in [2.75, 3.05) is 5.32 Å².